The van der Waals surface area contributed by atoms with Crippen LogP contribution in [0.15, 0.2) is 36.7 Å². The Hall–Kier alpha value is -3.49. The van der Waals surface area contributed by atoms with Crippen molar-refractivity contribution in [1.29, 1.82) is 0 Å². The van der Waals surface area contributed by atoms with E-state index in [2.05, 4.69) is 9.88 Å². The molecule has 0 N–H and O–H groups in total. The number of piperazine rings is 1. The third-order valence-corrected chi connectivity index (χ3v) is 5.14. The number of hydrogen-bond donors (Lipinski definition) is 0. The number of ether oxygens (including phenoxy) is 3. The highest BCUT2D eigenvalue weighted by atomic mass is 16.6. The van der Waals surface area contributed by atoms with Crippen LogP contribution in [0.5, 0.6) is 11.5 Å². The number of fused-ring (bicyclic) bond motifs is 1. The van der Waals surface area contributed by atoms with Crippen LogP contribution in [0, 0.1) is 0 Å². The van der Waals surface area contributed by atoms with Gasteiger partial charge < -0.3 is 24.0 Å². The highest BCUT2D eigenvalue weighted by Gasteiger charge is 2.24. The second kappa shape index (κ2) is 8.48. The minimum Gasteiger partial charge on any atom is -0.493 e. The molecule has 0 radical (unpaired) electrons. The quantitative estimate of drug-likeness (QED) is 0.638. The number of anilines is 1. The summed E-state index contributed by atoms with van der Waals surface area (Å²) in [6, 6.07) is 7.66. The molecule has 9 nitrogen and oxygen atoms in total. The van der Waals surface area contributed by atoms with Crippen molar-refractivity contribution < 1.29 is 19.0 Å². The van der Waals surface area contributed by atoms with Gasteiger partial charge in [0.15, 0.2) is 11.5 Å². The maximum absolute atomic E-state index is 12.0. The first kappa shape index (κ1) is 19.8. The van der Waals surface area contributed by atoms with Crippen molar-refractivity contribution >= 4 is 17.7 Å². The smallest absolute Gasteiger partial charge is 0.409 e. The zero-order valence-electron chi connectivity index (χ0n) is 17.4. The summed E-state index contributed by atoms with van der Waals surface area (Å²) < 4.78 is 17.9. The normalized spacial score (nSPS) is 14.1. The summed E-state index contributed by atoms with van der Waals surface area (Å²) in [7, 11) is 3.22. The van der Waals surface area contributed by atoms with E-state index < -0.39 is 0 Å². The topological polar surface area (TPSA) is 81.4 Å². The first-order valence-electron chi connectivity index (χ1n) is 9.87. The van der Waals surface area contributed by atoms with Gasteiger partial charge in [0.1, 0.15) is 5.65 Å². The van der Waals surface area contributed by atoms with Gasteiger partial charge in [-0.3, -0.25) is 4.40 Å². The van der Waals surface area contributed by atoms with Crippen LogP contribution < -0.4 is 14.4 Å². The molecule has 158 valence electrons. The van der Waals surface area contributed by atoms with E-state index in [0.717, 1.165) is 22.9 Å². The summed E-state index contributed by atoms with van der Waals surface area (Å²) in [6.07, 6.45) is 3.39. The molecule has 30 heavy (non-hydrogen) atoms. The van der Waals surface area contributed by atoms with Crippen molar-refractivity contribution in [2.75, 3.05) is 51.9 Å². The zero-order chi connectivity index (χ0) is 21.1. The number of amides is 1. The highest BCUT2D eigenvalue weighted by Crippen LogP contribution is 2.33. The second-order valence-corrected chi connectivity index (χ2v) is 6.84. The highest BCUT2D eigenvalue weighted by molar-refractivity contribution is 5.70. The molecule has 3 heterocycles. The number of carbonyl (C=O) groups excluding carboxylic acids is 1. The Kier molecular flexibility index (Phi) is 5.60. The van der Waals surface area contributed by atoms with E-state index in [9.17, 15) is 4.79 Å². The summed E-state index contributed by atoms with van der Waals surface area (Å²) in [5.41, 5.74) is 2.50. The first-order chi connectivity index (χ1) is 14.6. The Labute approximate surface area is 174 Å². The lowest BCUT2D eigenvalue weighted by Gasteiger charge is -2.34. The second-order valence-electron chi connectivity index (χ2n) is 6.84. The molecule has 0 aliphatic carbocycles. The van der Waals surface area contributed by atoms with E-state index in [1.54, 1.807) is 25.3 Å². The van der Waals surface area contributed by atoms with Crippen LogP contribution in [-0.4, -0.2) is 72.4 Å². The monoisotopic (exact) mass is 411 g/mol. The predicted octanol–water partition coefficient (Wildman–Crippen LogP) is 2.69. The van der Waals surface area contributed by atoms with E-state index in [1.807, 2.05) is 41.8 Å². The first-order valence-corrected chi connectivity index (χ1v) is 9.87. The van der Waals surface area contributed by atoms with E-state index in [1.165, 1.54) is 0 Å². The van der Waals surface area contributed by atoms with E-state index in [-0.39, 0.29) is 6.09 Å². The van der Waals surface area contributed by atoms with Gasteiger partial charge in [-0.15, -0.1) is 0 Å². The predicted molar refractivity (Wildman–Crippen MR) is 112 cm³/mol. The number of hydrogen-bond acceptors (Lipinski definition) is 7. The fraction of sp³-hybridized carbons (Fsp3) is 0.381. The summed E-state index contributed by atoms with van der Waals surface area (Å²) >= 11 is 0. The lowest BCUT2D eigenvalue weighted by atomic mass is 10.1. The lowest BCUT2D eigenvalue weighted by molar-refractivity contribution is 0.105. The molecule has 0 bridgehead atoms. The molecule has 0 saturated carbocycles. The Morgan fingerprint density at radius 2 is 1.83 bits per heavy atom. The van der Waals surface area contributed by atoms with E-state index >= 15 is 0 Å². The fourth-order valence-electron chi connectivity index (χ4n) is 3.58. The largest absolute Gasteiger partial charge is 0.493 e. The lowest BCUT2D eigenvalue weighted by Crippen LogP contribution is -2.49. The molecule has 9 heteroatoms. The molecular formula is C21H25N5O4. The molecule has 1 aromatic carbocycles. The molecule has 1 amide bonds. The summed E-state index contributed by atoms with van der Waals surface area (Å²) in [6.45, 7) is 4.68. The number of aromatic nitrogens is 3. The maximum atomic E-state index is 12.0. The summed E-state index contributed by atoms with van der Waals surface area (Å²) in [4.78, 5) is 25.3. The molecule has 0 atom stereocenters. The van der Waals surface area contributed by atoms with Gasteiger partial charge in [-0.25, -0.2) is 14.8 Å². The minimum atomic E-state index is -0.267. The van der Waals surface area contributed by atoms with Gasteiger partial charge in [0.05, 0.1) is 26.5 Å². The number of rotatable bonds is 5. The third-order valence-electron chi connectivity index (χ3n) is 5.14. The zero-order valence-corrected chi connectivity index (χ0v) is 17.4. The fourth-order valence-corrected chi connectivity index (χ4v) is 3.58. The number of benzene rings is 1. The average Bonchev–Trinajstić information content (AvgIpc) is 3.27. The Morgan fingerprint density at radius 3 is 2.53 bits per heavy atom. The van der Waals surface area contributed by atoms with Gasteiger partial charge >= 0.3 is 6.09 Å². The SMILES string of the molecule is CCOC(=O)N1CCN(c2nc(-c3ccc(OC)c(OC)c3)cc3nccn23)CC1. The Balaban J connectivity index is 1.65. The molecule has 0 unspecified atom stereocenters. The van der Waals surface area contributed by atoms with Crippen LogP contribution >= 0.6 is 0 Å². The molecule has 1 aliphatic rings. The van der Waals surface area contributed by atoms with Crippen molar-refractivity contribution in [3.05, 3.63) is 36.7 Å². The van der Waals surface area contributed by atoms with Crippen molar-refractivity contribution in [3.63, 3.8) is 0 Å². The molecule has 1 saturated heterocycles. The molecular weight excluding hydrogens is 386 g/mol. The Bertz CT molecular complexity index is 1040. The van der Waals surface area contributed by atoms with Gasteiger partial charge in [-0.1, -0.05) is 0 Å². The van der Waals surface area contributed by atoms with E-state index in [4.69, 9.17) is 19.2 Å². The van der Waals surface area contributed by atoms with Crippen molar-refractivity contribution in [2.45, 2.75) is 6.92 Å². The average molecular weight is 411 g/mol. The molecule has 0 spiro atoms. The van der Waals surface area contributed by atoms with Crippen LogP contribution in [0.4, 0.5) is 10.7 Å². The summed E-state index contributed by atoms with van der Waals surface area (Å²) in [5, 5.41) is 0. The van der Waals surface area contributed by atoms with Crippen LogP contribution in [0.25, 0.3) is 16.9 Å². The molecule has 1 aliphatic heterocycles. The van der Waals surface area contributed by atoms with Crippen LogP contribution in [-0.2, 0) is 4.74 Å². The van der Waals surface area contributed by atoms with Gasteiger partial charge in [0.25, 0.3) is 0 Å². The van der Waals surface area contributed by atoms with Gasteiger partial charge in [-0.05, 0) is 25.1 Å². The van der Waals surface area contributed by atoms with Gasteiger partial charge in [0.2, 0.25) is 5.95 Å². The van der Waals surface area contributed by atoms with Crippen LogP contribution in [0.1, 0.15) is 6.92 Å². The van der Waals surface area contributed by atoms with Crippen molar-refractivity contribution in [2.24, 2.45) is 0 Å². The van der Waals surface area contributed by atoms with Gasteiger partial charge in [0, 0.05) is 50.2 Å². The molecule has 2 aromatic heterocycles. The van der Waals surface area contributed by atoms with Crippen molar-refractivity contribution in [3.8, 4) is 22.8 Å². The maximum Gasteiger partial charge on any atom is 0.409 e. The van der Waals surface area contributed by atoms with Crippen LogP contribution in [0.3, 0.4) is 0 Å². The molecule has 4 rings (SSSR count). The van der Waals surface area contributed by atoms with Gasteiger partial charge in [-0.2, -0.15) is 0 Å². The number of methoxy groups -OCH3 is 2. The van der Waals surface area contributed by atoms with Crippen molar-refractivity contribution in [1.82, 2.24) is 19.3 Å². The van der Waals surface area contributed by atoms with E-state index in [0.29, 0.717) is 44.3 Å². The molecule has 3 aromatic rings. The van der Waals surface area contributed by atoms with Crippen LogP contribution in [0.2, 0.25) is 0 Å². The number of nitrogens with zero attached hydrogens (tertiary/aromatic N) is 5. The minimum absolute atomic E-state index is 0.267. The molecule has 1 fully saturated rings. The summed E-state index contributed by atoms with van der Waals surface area (Å²) in [5.74, 6) is 2.10. The standard InChI is InChI=1S/C21H25N5O4/c1-4-30-21(27)25-11-9-24(10-12-25)20-23-16(14-19-22-7-8-26(19)20)15-5-6-17(28-2)18(13-15)29-3/h5-8,13-14H,4,9-12H2,1-3H3. The number of imidazole rings is 1. The number of carbonyl (C=O) groups is 1. The third kappa shape index (κ3) is 3.70. The Morgan fingerprint density at radius 1 is 1.07 bits per heavy atom.